The zero-order chi connectivity index (χ0) is 21.1. The molecule has 0 aromatic rings. The van der Waals surface area contributed by atoms with E-state index in [1.165, 1.54) is 103 Å². The molecule has 0 aliphatic rings. The third kappa shape index (κ3) is 13.6. The molecule has 0 spiro atoms. The summed E-state index contributed by atoms with van der Waals surface area (Å²) in [6, 6.07) is 0. The van der Waals surface area contributed by atoms with Gasteiger partial charge in [-0.3, -0.25) is 4.79 Å². The summed E-state index contributed by atoms with van der Waals surface area (Å²) in [5, 5.41) is 0. The van der Waals surface area contributed by atoms with Crippen molar-refractivity contribution in [2.45, 2.75) is 144 Å². The van der Waals surface area contributed by atoms with E-state index in [-0.39, 0.29) is 11.4 Å². The highest BCUT2D eigenvalue weighted by atomic mass is 16.5. The first-order chi connectivity index (χ1) is 13.5. The Morgan fingerprint density at radius 2 is 1.04 bits per heavy atom. The summed E-state index contributed by atoms with van der Waals surface area (Å²) in [5.41, 5.74) is -0.347. The van der Waals surface area contributed by atoms with Crippen LogP contribution in [0.3, 0.4) is 0 Å². The average Bonchev–Trinajstić information content (AvgIpc) is 2.68. The molecule has 0 fully saturated rings. The number of esters is 1. The summed E-state index contributed by atoms with van der Waals surface area (Å²) in [4.78, 5) is 12.8. The van der Waals surface area contributed by atoms with Gasteiger partial charge < -0.3 is 4.74 Å². The number of unbranched alkanes of at least 4 members (excludes halogenated alkanes) is 12. The SMILES string of the molecule is CCCCCCCCCCOC(=O)C(C)(C)C(CCCCC)CCCCCC. The maximum absolute atomic E-state index is 12.8. The number of rotatable bonds is 20. The molecule has 0 aliphatic heterocycles. The van der Waals surface area contributed by atoms with Gasteiger partial charge in [0.1, 0.15) is 0 Å². The molecule has 2 heteroatoms. The molecule has 168 valence electrons. The van der Waals surface area contributed by atoms with Gasteiger partial charge in [0.25, 0.3) is 0 Å². The van der Waals surface area contributed by atoms with Crippen LogP contribution in [0.1, 0.15) is 144 Å². The molecule has 0 N–H and O–H groups in total. The fraction of sp³-hybridized carbons (Fsp3) is 0.962. The lowest BCUT2D eigenvalue weighted by atomic mass is 9.73. The van der Waals surface area contributed by atoms with Crippen LogP contribution in [0.5, 0.6) is 0 Å². The Morgan fingerprint density at radius 3 is 1.57 bits per heavy atom. The van der Waals surface area contributed by atoms with Gasteiger partial charge in [0.05, 0.1) is 12.0 Å². The Balaban J connectivity index is 4.21. The highest BCUT2D eigenvalue weighted by Crippen LogP contribution is 2.36. The van der Waals surface area contributed by atoms with Crippen molar-refractivity contribution < 1.29 is 9.53 Å². The van der Waals surface area contributed by atoms with Crippen LogP contribution in [0.4, 0.5) is 0 Å². The number of hydrogen-bond donors (Lipinski definition) is 0. The Hall–Kier alpha value is -0.530. The van der Waals surface area contributed by atoms with E-state index in [0.717, 1.165) is 6.42 Å². The molecule has 0 heterocycles. The molecule has 0 bridgehead atoms. The predicted molar refractivity (Wildman–Crippen MR) is 124 cm³/mol. The van der Waals surface area contributed by atoms with Crippen LogP contribution in [-0.2, 0) is 9.53 Å². The lowest BCUT2D eigenvalue weighted by Crippen LogP contribution is -2.35. The quantitative estimate of drug-likeness (QED) is 0.152. The Morgan fingerprint density at radius 1 is 0.643 bits per heavy atom. The van der Waals surface area contributed by atoms with Crippen molar-refractivity contribution >= 4 is 5.97 Å². The van der Waals surface area contributed by atoms with Crippen molar-refractivity contribution in [3.05, 3.63) is 0 Å². The number of ether oxygens (including phenoxy) is 1. The summed E-state index contributed by atoms with van der Waals surface area (Å²) in [5.74, 6) is 0.495. The van der Waals surface area contributed by atoms with E-state index in [1.807, 2.05) is 0 Å². The normalized spacial score (nSPS) is 12.9. The summed E-state index contributed by atoms with van der Waals surface area (Å²) in [7, 11) is 0. The van der Waals surface area contributed by atoms with E-state index < -0.39 is 0 Å². The summed E-state index contributed by atoms with van der Waals surface area (Å²) in [6.45, 7) is 11.6. The molecular weight excluding hydrogens is 344 g/mol. The van der Waals surface area contributed by atoms with Gasteiger partial charge in [-0.05, 0) is 39.0 Å². The first-order valence-corrected chi connectivity index (χ1v) is 12.7. The monoisotopic (exact) mass is 396 g/mol. The van der Waals surface area contributed by atoms with Crippen molar-refractivity contribution in [2.24, 2.45) is 11.3 Å². The fourth-order valence-electron chi connectivity index (χ4n) is 4.08. The smallest absolute Gasteiger partial charge is 0.311 e. The molecule has 1 unspecified atom stereocenters. The Labute approximate surface area is 177 Å². The van der Waals surface area contributed by atoms with Crippen molar-refractivity contribution in [1.29, 1.82) is 0 Å². The van der Waals surface area contributed by atoms with Crippen molar-refractivity contribution in [3.63, 3.8) is 0 Å². The van der Waals surface area contributed by atoms with E-state index in [9.17, 15) is 4.79 Å². The molecule has 0 saturated heterocycles. The number of carbonyl (C=O) groups excluding carboxylic acids is 1. The molecule has 0 rings (SSSR count). The van der Waals surface area contributed by atoms with Crippen LogP contribution in [0, 0.1) is 11.3 Å². The van der Waals surface area contributed by atoms with Gasteiger partial charge in [-0.25, -0.2) is 0 Å². The van der Waals surface area contributed by atoms with Gasteiger partial charge in [0, 0.05) is 0 Å². The van der Waals surface area contributed by atoms with E-state index in [1.54, 1.807) is 0 Å². The van der Waals surface area contributed by atoms with Gasteiger partial charge in [-0.1, -0.05) is 111 Å². The van der Waals surface area contributed by atoms with Gasteiger partial charge in [-0.15, -0.1) is 0 Å². The lowest BCUT2D eigenvalue weighted by Gasteiger charge is -2.32. The number of hydrogen-bond acceptors (Lipinski definition) is 2. The second kappa shape index (κ2) is 18.5. The molecule has 2 nitrogen and oxygen atoms in total. The predicted octanol–water partition coefficient (Wildman–Crippen LogP) is 8.86. The van der Waals surface area contributed by atoms with Crippen LogP contribution >= 0.6 is 0 Å². The summed E-state index contributed by atoms with van der Waals surface area (Å²) in [6.07, 6.45) is 21.4. The second-order valence-corrected chi connectivity index (χ2v) is 9.37. The molecule has 0 radical (unpaired) electrons. The van der Waals surface area contributed by atoms with E-state index in [2.05, 4.69) is 34.6 Å². The molecule has 0 aromatic carbocycles. The van der Waals surface area contributed by atoms with E-state index in [0.29, 0.717) is 12.5 Å². The molecule has 0 aromatic heterocycles. The second-order valence-electron chi connectivity index (χ2n) is 9.37. The molecule has 28 heavy (non-hydrogen) atoms. The van der Waals surface area contributed by atoms with Gasteiger partial charge in [0.15, 0.2) is 0 Å². The zero-order valence-corrected chi connectivity index (χ0v) is 20.1. The first kappa shape index (κ1) is 27.5. The largest absolute Gasteiger partial charge is 0.465 e. The summed E-state index contributed by atoms with van der Waals surface area (Å²) >= 11 is 0. The van der Waals surface area contributed by atoms with Crippen LogP contribution < -0.4 is 0 Å². The molecule has 0 saturated carbocycles. The molecular formula is C26H52O2. The zero-order valence-electron chi connectivity index (χ0n) is 20.1. The number of carbonyl (C=O) groups is 1. The molecule has 0 amide bonds. The maximum atomic E-state index is 12.8. The van der Waals surface area contributed by atoms with Gasteiger partial charge in [-0.2, -0.15) is 0 Å². The minimum Gasteiger partial charge on any atom is -0.465 e. The van der Waals surface area contributed by atoms with Gasteiger partial charge in [0.2, 0.25) is 0 Å². The fourth-order valence-corrected chi connectivity index (χ4v) is 4.08. The summed E-state index contributed by atoms with van der Waals surface area (Å²) < 4.78 is 5.73. The van der Waals surface area contributed by atoms with Crippen LogP contribution in [0.15, 0.2) is 0 Å². The van der Waals surface area contributed by atoms with Crippen LogP contribution in [0.2, 0.25) is 0 Å². The van der Waals surface area contributed by atoms with Crippen molar-refractivity contribution in [1.82, 2.24) is 0 Å². The first-order valence-electron chi connectivity index (χ1n) is 12.7. The van der Waals surface area contributed by atoms with E-state index in [4.69, 9.17) is 4.74 Å². The minimum atomic E-state index is -0.347. The third-order valence-electron chi connectivity index (χ3n) is 6.34. The van der Waals surface area contributed by atoms with Gasteiger partial charge >= 0.3 is 5.97 Å². The van der Waals surface area contributed by atoms with Crippen LogP contribution in [0.25, 0.3) is 0 Å². The highest BCUT2D eigenvalue weighted by Gasteiger charge is 2.37. The highest BCUT2D eigenvalue weighted by molar-refractivity contribution is 5.76. The average molecular weight is 397 g/mol. The van der Waals surface area contributed by atoms with Crippen molar-refractivity contribution in [2.75, 3.05) is 6.61 Å². The Kier molecular flexibility index (Phi) is 18.1. The van der Waals surface area contributed by atoms with E-state index >= 15 is 0 Å². The molecule has 1 atom stereocenters. The topological polar surface area (TPSA) is 26.3 Å². The third-order valence-corrected chi connectivity index (χ3v) is 6.34. The lowest BCUT2D eigenvalue weighted by molar-refractivity contribution is -0.157. The Bertz CT molecular complexity index is 348. The minimum absolute atomic E-state index is 0.0347. The van der Waals surface area contributed by atoms with Crippen molar-refractivity contribution in [3.8, 4) is 0 Å². The standard InChI is InChI=1S/C26H52O2/c1-6-9-12-14-15-16-17-20-23-28-25(27)26(4,5)24(21-18-11-8-3)22-19-13-10-7-2/h24H,6-23H2,1-5H3. The maximum Gasteiger partial charge on any atom is 0.311 e. The van der Waals surface area contributed by atoms with Crippen LogP contribution in [-0.4, -0.2) is 12.6 Å². The molecule has 0 aliphatic carbocycles.